The van der Waals surface area contributed by atoms with Crippen LogP contribution in [0.5, 0.6) is 5.75 Å². The summed E-state index contributed by atoms with van der Waals surface area (Å²) in [4.78, 5) is 26.7. The summed E-state index contributed by atoms with van der Waals surface area (Å²) < 4.78 is 13.2. The molecule has 0 radical (unpaired) electrons. The normalized spacial score (nSPS) is 16.6. The predicted octanol–water partition coefficient (Wildman–Crippen LogP) is 6.53. The molecule has 0 fully saturated rings. The fourth-order valence-electron chi connectivity index (χ4n) is 4.64. The van der Waals surface area contributed by atoms with Crippen molar-refractivity contribution in [2.75, 3.05) is 7.11 Å². The fourth-order valence-corrected chi connectivity index (χ4v) is 5.28. The van der Waals surface area contributed by atoms with Crippen molar-refractivity contribution in [2.45, 2.75) is 19.4 Å². The number of halogens is 2. The molecule has 0 aromatic heterocycles. The lowest BCUT2D eigenvalue weighted by Gasteiger charge is -2.30. The van der Waals surface area contributed by atoms with E-state index in [-0.39, 0.29) is 5.78 Å². The van der Waals surface area contributed by atoms with E-state index in [1.54, 1.807) is 0 Å². The zero-order valence-electron chi connectivity index (χ0n) is 19.0. The average Bonchev–Trinajstić information content (AvgIpc) is 3.14. The number of carbonyl (C=O) groups excluding carboxylic acids is 2. The molecule has 3 aromatic rings. The van der Waals surface area contributed by atoms with Crippen LogP contribution >= 0.6 is 31.9 Å². The van der Waals surface area contributed by atoms with E-state index in [4.69, 9.17) is 9.47 Å². The number of dihydropyridines is 1. The molecule has 7 heteroatoms. The van der Waals surface area contributed by atoms with E-state index in [1.807, 2.05) is 73.7 Å². The third-order valence-corrected chi connectivity index (χ3v) is 7.27. The van der Waals surface area contributed by atoms with E-state index in [0.717, 1.165) is 25.8 Å². The number of hydrogen-bond acceptors (Lipinski definition) is 5. The van der Waals surface area contributed by atoms with Crippen LogP contribution in [0.2, 0.25) is 0 Å². The molecular formula is C28H21Br2NO4. The fraction of sp³-hybridized carbons (Fsp3) is 0.143. The molecule has 0 amide bonds. The van der Waals surface area contributed by atoms with E-state index in [0.29, 0.717) is 40.3 Å². The quantitative estimate of drug-likeness (QED) is 0.340. The number of esters is 1. The lowest BCUT2D eigenvalue weighted by Crippen LogP contribution is -2.29. The van der Waals surface area contributed by atoms with Crippen molar-refractivity contribution < 1.29 is 19.1 Å². The highest BCUT2D eigenvalue weighted by Gasteiger charge is 2.43. The number of benzene rings is 3. The molecule has 5 rings (SSSR count). The number of nitrogens with one attached hydrogen (secondary N) is 1. The minimum Gasteiger partial charge on any atom is -0.489 e. The SMILES string of the molecule is COC(=O)C1=C(C)NC2=C(C(=O)c3ccccc32)[C@@H]1c1cc(Br)ccc1OCc1ccc(Br)cc1. The van der Waals surface area contributed by atoms with Gasteiger partial charge in [-0.3, -0.25) is 4.79 Å². The molecular weight excluding hydrogens is 574 g/mol. The van der Waals surface area contributed by atoms with Gasteiger partial charge in [0.05, 0.1) is 24.3 Å². The number of rotatable bonds is 5. The minimum atomic E-state index is -0.656. The van der Waals surface area contributed by atoms with Crippen molar-refractivity contribution in [1.29, 1.82) is 0 Å². The molecule has 0 bridgehead atoms. The van der Waals surface area contributed by atoms with Crippen molar-refractivity contribution in [3.63, 3.8) is 0 Å². The Kier molecular flexibility index (Phi) is 6.38. The van der Waals surface area contributed by atoms with E-state index in [9.17, 15) is 9.59 Å². The van der Waals surface area contributed by atoms with Gasteiger partial charge in [0.1, 0.15) is 12.4 Å². The maximum absolute atomic E-state index is 13.7. The predicted molar refractivity (Wildman–Crippen MR) is 141 cm³/mol. The molecule has 1 heterocycles. The molecule has 176 valence electrons. The summed E-state index contributed by atoms with van der Waals surface area (Å²) in [6.45, 7) is 2.16. The Morgan fingerprint density at radius 2 is 1.66 bits per heavy atom. The third kappa shape index (κ3) is 4.23. The van der Waals surface area contributed by atoms with E-state index < -0.39 is 11.9 Å². The molecule has 5 nitrogen and oxygen atoms in total. The Hall–Kier alpha value is -3.16. The number of fused-ring (bicyclic) bond motifs is 2. The largest absolute Gasteiger partial charge is 0.489 e. The van der Waals surface area contributed by atoms with Crippen molar-refractivity contribution in [1.82, 2.24) is 5.32 Å². The number of carbonyl (C=O) groups is 2. The number of ketones is 1. The molecule has 1 aliphatic carbocycles. The summed E-state index contributed by atoms with van der Waals surface area (Å²) in [7, 11) is 1.35. The van der Waals surface area contributed by atoms with Crippen LogP contribution in [0.3, 0.4) is 0 Å². The van der Waals surface area contributed by atoms with Crippen molar-refractivity contribution in [3.8, 4) is 5.75 Å². The zero-order valence-corrected chi connectivity index (χ0v) is 22.2. The van der Waals surface area contributed by atoms with Gasteiger partial charge in [0.2, 0.25) is 0 Å². The number of allylic oxidation sites excluding steroid dienone is 2. The lowest BCUT2D eigenvalue weighted by atomic mass is 9.79. The average molecular weight is 595 g/mol. The molecule has 0 unspecified atom stereocenters. The summed E-state index contributed by atoms with van der Waals surface area (Å²) in [6.07, 6.45) is 0. The van der Waals surface area contributed by atoms with Crippen molar-refractivity contribution in [3.05, 3.63) is 115 Å². The van der Waals surface area contributed by atoms with E-state index in [2.05, 4.69) is 37.2 Å². The number of ether oxygens (including phenoxy) is 2. The van der Waals surface area contributed by atoms with Gasteiger partial charge in [-0.2, -0.15) is 0 Å². The first-order chi connectivity index (χ1) is 16.9. The Morgan fingerprint density at radius 3 is 2.37 bits per heavy atom. The van der Waals surface area contributed by atoms with Gasteiger partial charge < -0.3 is 14.8 Å². The van der Waals surface area contributed by atoms with Crippen LogP contribution in [0.1, 0.15) is 39.9 Å². The first-order valence-corrected chi connectivity index (χ1v) is 12.6. The van der Waals surface area contributed by atoms with Crippen LogP contribution in [0.25, 0.3) is 5.70 Å². The van der Waals surface area contributed by atoms with Gasteiger partial charge in [-0.25, -0.2) is 4.79 Å². The van der Waals surface area contributed by atoms with Crippen LogP contribution in [0.4, 0.5) is 0 Å². The van der Waals surface area contributed by atoms with Crippen molar-refractivity contribution >= 4 is 49.3 Å². The lowest BCUT2D eigenvalue weighted by molar-refractivity contribution is -0.136. The molecule has 3 aromatic carbocycles. The van der Waals surface area contributed by atoms with Gasteiger partial charge in [0.25, 0.3) is 0 Å². The molecule has 0 saturated carbocycles. The second-order valence-corrected chi connectivity index (χ2v) is 10.2. The molecule has 35 heavy (non-hydrogen) atoms. The number of hydrogen-bond donors (Lipinski definition) is 1. The highest BCUT2D eigenvalue weighted by Crippen LogP contribution is 2.49. The van der Waals surface area contributed by atoms with Gasteiger partial charge in [-0.15, -0.1) is 0 Å². The minimum absolute atomic E-state index is 0.110. The second-order valence-electron chi connectivity index (χ2n) is 8.35. The Bertz CT molecular complexity index is 1420. The van der Waals surface area contributed by atoms with Crippen LogP contribution < -0.4 is 10.1 Å². The maximum Gasteiger partial charge on any atom is 0.336 e. The summed E-state index contributed by atoms with van der Waals surface area (Å²) in [6, 6.07) is 21.0. The second kappa shape index (κ2) is 9.47. The van der Waals surface area contributed by atoms with Crippen LogP contribution in [-0.2, 0) is 16.1 Å². The van der Waals surface area contributed by atoms with Gasteiger partial charge in [0, 0.05) is 36.9 Å². The van der Waals surface area contributed by atoms with Crippen LogP contribution in [-0.4, -0.2) is 18.9 Å². The van der Waals surface area contributed by atoms with Crippen molar-refractivity contribution in [2.24, 2.45) is 0 Å². The van der Waals surface area contributed by atoms with Gasteiger partial charge >= 0.3 is 5.97 Å². The maximum atomic E-state index is 13.7. The Morgan fingerprint density at radius 1 is 0.971 bits per heavy atom. The number of Topliss-reactive ketones (excluding diaryl/α,β-unsaturated/α-hetero) is 1. The van der Waals surface area contributed by atoms with Crippen LogP contribution in [0.15, 0.2) is 92.5 Å². The monoisotopic (exact) mass is 593 g/mol. The molecule has 0 saturated heterocycles. The topological polar surface area (TPSA) is 64.6 Å². The Labute approximate surface area is 220 Å². The highest BCUT2D eigenvalue weighted by molar-refractivity contribution is 9.10. The highest BCUT2D eigenvalue weighted by atomic mass is 79.9. The molecule has 1 aliphatic heterocycles. The van der Waals surface area contributed by atoms with E-state index >= 15 is 0 Å². The number of methoxy groups -OCH3 is 1. The summed E-state index contributed by atoms with van der Waals surface area (Å²) in [5.74, 6) is -0.668. The van der Waals surface area contributed by atoms with Crippen LogP contribution in [0, 0.1) is 0 Å². The smallest absolute Gasteiger partial charge is 0.336 e. The first kappa shape index (κ1) is 23.6. The van der Waals surface area contributed by atoms with E-state index in [1.165, 1.54) is 7.11 Å². The Balaban J connectivity index is 1.64. The van der Waals surface area contributed by atoms with Gasteiger partial charge in [-0.1, -0.05) is 68.3 Å². The summed E-state index contributed by atoms with van der Waals surface area (Å²) in [5, 5.41) is 3.31. The molecule has 2 aliphatic rings. The summed E-state index contributed by atoms with van der Waals surface area (Å²) >= 11 is 7.01. The first-order valence-electron chi connectivity index (χ1n) is 11.0. The molecule has 1 N–H and O–H groups in total. The zero-order chi connectivity index (χ0) is 24.7. The molecule has 1 atom stereocenters. The standard InChI is InChI=1S/C28H21Br2NO4/c1-15-23(28(33)34-2)24(25-26(31-15)19-5-3-4-6-20(19)27(25)32)21-13-18(30)11-12-22(21)35-14-16-7-9-17(29)10-8-16/h3-13,24,31H,14H2,1-2H3/t24-/m1/s1. The molecule has 0 spiro atoms. The van der Waals surface area contributed by atoms with Gasteiger partial charge in [0.15, 0.2) is 5.78 Å². The summed E-state index contributed by atoms with van der Waals surface area (Å²) in [5.41, 5.74) is 5.42. The third-order valence-electron chi connectivity index (χ3n) is 6.24. The van der Waals surface area contributed by atoms with Gasteiger partial charge in [-0.05, 0) is 42.8 Å².